The number of carbonyl (C=O) groups is 2. The summed E-state index contributed by atoms with van der Waals surface area (Å²) in [5.74, 6) is -0.848. The second-order valence-corrected chi connectivity index (χ2v) is 18.8. The minimum Gasteiger partial charge on any atom is -0.462 e. The fourth-order valence-corrected chi connectivity index (χ4v) is 7.91. The molecule has 10 heteroatoms. The smallest absolute Gasteiger partial charge is 0.462 e. The molecule has 380 valence electrons. The molecule has 2 unspecified atom stereocenters. The van der Waals surface area contributed by atoms with E-state index in [4.69, 9.17) is 24.3 Å². The fourth-order valence-electron chi connectivity index (χ4n) is 7.15. The van der Waals surface area contributed by atoms with E-state index in [1.54, 1.807) is 0 Å². The molecule has 0 spiro atoms. The number of esters is 2. The van der Waals surface area contributed by atoms with E-state index >= 15 is 0 Å². The lowest BCUT2D eigenvalue weighted by Crippen LogP contribution is -2.29. The Kier molecular flexibility index (Phi) is 49.4. The summed E-state index contributed by atoms with van der Waals surface area (Å²) in [7, 11) is -4.39. The van der Waals surface area contributed by atoms with Crippen LogP contribution in [0.2, 0.25) is 0 Å². The number of allylic oxidation sites excluding steroid dienone is 14. The maximum atomic E-state index is 12.7. The lowest BCUT2D eigenvalue weighted by atomic mass is 10.0. The molecule has 0 aliphatic heterocycles. The maximum absolute atomic E-state index is 12.7. The van der Waals surface area contributed by atoms with Crippen molar-refractivity contribution in [2.75, 3.05) is 26.4 Å². The van der Waals surface area contributed by atoms with Crippen molar-refractivity contribution in [2.24, 2.45) is 5.73 Å². The molecule has 0 saturated carbocycles. The molecule has 2 atom stereocenters. The molecule has 0 aromatic carbocycles. The van der Waals surface area contributed by atoms with E-state index in [0.717, 1.165) is 96.3 Å². The van der Waals surface area contributed by atoms with Crippen LogP contribution in [0.1, 0.15) is 226 Å². The second-order valence-electron chi connectivity index (χ2n) is 17.4. The van der Waals surface area contributed by atoms with Crippen LogP contribution in [0.25, 0.3) is 0 Å². The average molecular weight is 944 g/mol. The molecule has 0 aliphatic rings. The average Bonchev–Trinajstić information content (AvgIpc) is 3.31. The van der Waals surface area contributed by atoms with Gasteiger partial charge in [0.05, 0.1) is 13.2 Å². The van der Waals surface area contributed by atoms with Crippen LogP contribution >= 0.6 is 7.82 Å². The summed E-state index contributed by atoms with van der Waals surface area (Å²) in [4.78, 5) is 35.1. The quantitative estimate of drug-likeness (QED) is 0.0265. The molecule has 0 heterocycles. The van der Waals surface area contributed by atoms with Gasteiger partial charge in [0.2, 0.25) is 0 Å². The Balaban J connectivity index is 4.10. The van der Waals surface area contributed by atoms with E-state index in [0.29, 0.717) is 6.42 Å². The zero-order valence-electron chi connectivity index (χ0n) is 42.2. The molecule has 0 rings (SSSR count). The number of carbonyl (C=O) groups excluding carboxylic acids is 2. The monoisotopic (exact) mass is 944 g/mol. The lowest BCUT2D eigenvalue weighted by Gasteiger charge is -2.19. The van der Waals surface area contributed by atoms with Gasteiger partial charge in [-0.05, 0) is 70.6 Å². The number of hydrogen-bond donors (Lipinski definition) is 2. The third-order valence-corrected chi connectivity index (χ3v) is 12.0. The Bertz CT molecular complexity index is 1350. The first-order valence-corrected chi connectivity index (χ1v) is 28.1. The molecule has 66 heavy (non-hydrogen) atoms. The van der Waals surface area contributed by atoms with Crippen molar-refractivity contribution in [3.8, 4) is 0 Å². The second kappa shape index (κ2) is 51.6. The standard InChI is InChI=1S/C56H98NO8P/c1-3-5-7-9-11-13-15-17-19-21-23-24-25-26-27-28-29-30-31-33-35-37-39-41-43-45-47-49-56(59)65-54(53-64-66(60,61)63-51-50-57)52-62-55(58)48-46-44-42-40-38-36-34-32-22-20-18-16-14-12-10-8-6-4-2/h5,7,11,13,17,19,23-24,26-27,29-30,33,35,54H,3-4,6,8-10,12,14-16,18,20-22,25,28,31-32,34,36-53,57H2,1-2H3,(H,60,61)/b7-5-,13-11-,19-17-,24-23-,27-26-,30-29-,35-33-. The highest BCUT2D eigenvalue weighted by Gasteiger charge is 2.26. The molecule has 0 aliphatic carbocycles. The van der Waals surface area contributed by atoms with Crippen molar-refractivity contribution in [3.63, 3.8) is 0 Å². The molecule has 0 aromatic heterocycles. The van der Waals surface area contributed by atoms with Gasteiger partial charge in [-0.1, -0.05) is 227 Å². The minimum atomic E-state index is -4.39. The van der Waals surface area contributed by atoms with Crippen molar-refractivity contribution in [1.29, 1.82) is 0 Å². The van der Waals surface area contributed by atoms with Crippen LogP contribution < -0.4 is 5.73 Å². The molecule has 3 N–H and O–H groups in total. The Labute approximate surface area is 404 Å². The summed E-state index contributed by atoms with van der Waals surface area (Å²) in [5.41, 5.74) is 5.37. The first kappa shape index (κ1) is 63.2. The van der Waals surface area contributed by atoms with Gasteiger partial charge in [-0.15, -0.1) is 0 Å². The normalized spacial score (nSPS) is 13.8. The van der Waals surface area contributed by atoms with Gasteiger partial charge in [-0.25, -0.2) is 4.57 Å². The fraction of sp³-hybridized carbons (Fsp3) is 0.714. The van der Waals surface area contributed by atoms with E-state index in [9.17, 15) is 19.0 Å². The highest BCUT2D eigenvalue weighted by molar-refractivity contribution is 7.47. The number of phosphoric ester groups is 1. The van der Waals surface area contributed by atoms with Crippen molar-refractivity contribution in [2.45, 2.75) is 232 Å². The number of hydrogen-bond acceptors (Lipinski definition) is 8. The molecule has 0 bridgehead atoms. The number of rotatable bonds is 49. The van der Waals surface area contributed by atoms with Gasteiger partial charge in [0.1, 0.15) is 6.61 Å². The number of phosphoric acid groups is 1. The van der Waals surface area contributed by atoms with Gasteiger partial charge in [-0.2, -0.15) is 0 Å². The zero-order valence-corrected chi connectivity index (χ0v) is 43.0. The predicted molar refractivity (Wildman–Crippen MR) is 279 cm³/mol. The SMILES string of the molecule is CC/C=C\C/C=C\C/C=C\C/C=C\C/C=C\C/C=C\C/C=C\CCCCCCCC(=O)OC(COC(=O)CCCCCCCCCCCCCCCCCCCC)COP(=O)(O)OCCN. The topological polar surface area (TPSA) is 134 Å². The van der Waals surface area contributed by atoms with Gasteiger partial charge in [0.15, 0.2) is 6.10 Å². The highest BCUT2D eigenvalue weighted by Crippen LogP contribution is 2.43. The van der Waals surface area contributed by atoms with E-state index < -0.39 is 26.5 Å². The minimum absolute atomic E-state index is 0.0468. The molecule has 0 radical (unpaired) electrons. The van der Waals surface area contributed by atoms with Crippen molar-refractivity contribution in [3.05, 3.63) is 85.1 Å². The molecule has 0 fully saturated rings. The first-order valence-electron chi connectivity index (χ1n) is 26.6. The van der Waals surface area contributed by atoms with Crippen LogP contribution in [-0.2, 0) is 32.7 Å². The van der Waals surface area contributed by atoms with Crippen LogP contribution in [0.5, 0.6) is 0 Å². The Morgan fingerprint density at radius 3 is 1.24 bits per heavy atom. The highest BCUT2D eigenvalue weighted by atomic mass is 31.2. The van der Waals surface area contributed by atoms with Crippen molar-refractivity contribution in [1.82, 2.24) is 0 Å². The summed E-state index contributed by atoms with van der Waals surface area (Å²) in [6.45, 7) is 3.62. The van der Waals surface area contributed by atoms with Crippen LogP contribution in [-0.4, -0.2) is 49.3 Å². The maximum Gasteiger partial charge on any atom is 0.472 e. The van der Waals surface area contributed by atoms with Gasteiger partial charge in [0.25, 0.3) is 0 Å². The molecular weight excluding hydrogens is 846 g/mol. The number of unbranched alkanes of at least 4 members (excludes halogenated alkanes) is 22. The third-order valence-electron chi connectivity index (χ3n) is 11.0. The third kappa shape index (κ3) is 50.6. The van der Waals surface area contributed by atoms with E-state index in [1.807, 2.05) is 0 Å². The Hall–Kier alpha value is -2.81. The van der Waals surface area contributed by atoms with Crippen LogP contribution in [0.3, 0.4) is 0 Å². The van der Waals surface area contributed by atoms with Crippen LogP contribution in [0.4, 0.5) is 0 Å². The lowest BCUT2D eigenvalue weighted by molar-refractivity contribution is -0.161. The Morgan fingerprint density at radius 1 is 0.470 bits per heavy atom. The largest absolute Gasteiger partial charge is 0.472 e. The summed E-state index contributed by atoms with van der Waals surface area (Å²) in [6, 6.07) is 0. The van der Waals surface area contributed by atoms with Crippen LogP contribution in [0.15, 0.2) is 85.1 Å². The van der Waals surface area contributed by atoms with E-state index in [2.05, 4.69) is 98.9 Å². The Morgan fingerprint density at radius 2 is 0.833 bits per heavy atom. The van der Waals surface area contributed by atoms with Gasteiger partial charge < -0.3 is 20.1 Å². The van der Waals surface area contributed by atoms with Crippen molar-refractivity contribution >= 4 is 19.8 Å². The molecule has 0 aromatic rings. The van der Waals surface area contributed by atoms with Gasteiger partial charge in [-0.3, -0.25) is 18.6 Å². The summed E-state index contributed by atoms with van der Waals surface area (Å²) in [5, 5.41) is 0. The van der Waals surface area contributed by atoms with Crippen LogP contribution in [0, 0.1) is 0 Å². The zero-order chi connectivity index (χ0) is 48.1. The van der Waals surface area contributed by atoms with Crippen molar-refractivity contribution < 1.29 is 37.6 Å². The molecule has 0 saturated heterocycles. The number of ether oxygens (including phenoxy) is 2. The van der Waals surface area contributed by atoms with Gasteiger partial charge >= 0.3 is 19.8 Å². The van der Waals surface area contributed by atoms with E-state index in [1.165, 1.54) is 96.3 Å². The summed E-state index contributed by atoms with van der Waals surface area (Å²) in [6.07, 6.45) is 66.2. The van der Waals surface area contributed by atoms with Gasteiger partial charge in [0, 0.05) is 19.4 Å². The molecular formula is C56H98NO8P. The summed E-state index contributed by atoms with van der Waals surface area (Å²) < 4.78 is 32.9. The predicted octanol–water partition coefficient (Wildman–Crippen LogP) is 16.3. The van der Waals surface area contributed by atoms with E-state index in [-0.39, 0.29) is 38.6 Å². The molecule has 0 amide bonds. The first-order chi connectivity index (χ1) is 32.3. The number of nitrogens with two attached hydrogens (primary N) is 1. The molecule has 9 nitrogen and oxygen atoms in total. The summed E-state index contributed by atoms with van der Waals surface area (Å²) >= 11 is 0.